The lowest BCUT2D eigenvalue weighted by molar-refractivity contribution is -0.384. The Morgan fingerprint density at radius 2 is 1.80 bits per heavy atom. The van der Waals surface area contributed by atoms with E-state index in [9.17, 15) is 10.1 Å². The van der Waals surface area contributed by atoms with E-state index in [1.807, 2.05) is 25.1 Å². The number of nitro groups is 1. The van der Waals surface area contributed by atoms with Gasteiger partial charge in [-0.2, -0.15) is 0 Å². The van der Waals surface area contributed by atoms with Gasteiger partial charge in [0, 0.05) is 78.6 Å². The van der Waals surface area contributed by atoms with E-state index in [-0.39, 0.29) is 10.6 Å². The van der Waals surface area contributed by atoms with E-state index in [0.717, 1.165) is 70.8 Å². The first-order valence-electron chi connectivity index (χ1n) is 13.3. The van der Waals surface area contributed by atoms with Crippen molar-refractivity contribution in [2.45, 2.75) is 26.6 Å². The number of hydrogen-bond donors (Lipinski definition) is 1. The molecule has 2 aromatic carbocycles. The van der Waals surface area contributed by atoms with Crippen LogP contribution < -0.4 is 5.73 Å². The lowest BCUT2D eigenvalue weighted by Gasteiger charge is -2.18. The molecule has 3 aromatic heterocycles. The van der Waals surface area contributed by atoms with E-state index in [1.54, 1.807) is 23.5 Å². The summed E-state index contributed by atoms with van der Waals surface area (Å²) < 4.78 is 4.48. The van der Waals surface area contributed by atoms with Gasteiger partial charge in [0.1, 0.15) is 5.84 Å². The average Bonchev–Trinajstić information content (AvgIpc) is 3.62. The predicted molar refractivity (Wildman–Crippen MR) is 165 cm³/mol. The molecule has 5 rings (SSSR count). The van der Waals surface area contributed by atoms with Crippen LogP contribution in [0.5, 0.6) is 0 Å². The molecule has 5 aromatic rings. The highest BCUT2D eigenvalue weighted by molar-refractivity contribution is 7.12. The van der Waals surface area contributed by atoms with E-state index >= 15 is 0 Å². The van der Waals surface area contributed by atoms with E-state index in [1.165, 1.54) is 5.52 Å². The third-order valence-electron chi connectivity index (χ3n) is 7.22. The Kier molecular flexibility index (Phi) is 8.02. The zero-order valence-electron chi connectivity index (χ0n) is 23.4. The number of thiophene rings is 1. The van der Waals surface area contributed by atoms with Crippen LogP contribution >= 0.6 is 11.3 Å². The third-order valence-corrected chi connectivity index (χ3v) is 8.20. The molecule has 0 saturated heterocycles. The molecule has 0 fully saturated rings. The second kappa shape index (κ2) is 11.6. The summed E-state index contributed by atoms with van der Waals surface area (Å²) in [5.41, 5.74) is 11.9. The molecular weight excluding hydrogens is 522 g/mol. The van der Waals surface area contributed by atoms with Crippen LogP contribution in [-0.4, -0.2) is 63.9 Å². The number of nitrogens with two attached hydrogens (primary N) is 1. The summed E-state index contributed by atoms with van der Waals surface area (Å²) in [6.07, 6.45) is 2.13. The van der Waals surface area contributed by atoms with Gasteiger partial charge in [0.2, 0.25) is 0 Å². The highest BCUT2D eigenvalue weighted by Crippen LogP contribution is 2.26. The number of fused-ring (bicyclic) bond motifs is 2. The molecule has 0 aliphatic rings. The summed E-state index contributed by atoms with van der Waals surface area (Å²) in [5, 5.41) is 15.3. The lowest BCUT2D eigenvalue weighted by atomic mass is 10.2. The zero-order valence-corrected chi connectivity index (χ0v) is 24.2. The van der Waals surface area contributed by atoms with Gasteiger partial charge in [-0.25, -0.2) is 4.99 Å². The van der Waals surface area contributed by atoms with Gasteiger partial charge < -0.3 is 24.7 Å². The van der Waals surface area contributed by atoms with Crippen molar-refractivity contribution in [1.82, 2.24) is 18.9 Å². The normalized spacial score (nSPS) is 12.4. The first-order valence-corrected chi connectivity index (χ1v) is 14.1. The van der Waals surface area contributed by atoms with Gasteiger partial charge in [0.25, 0.3) is 5.69 Å². The molecule has 0 spiro atoms. The van der Waals surface area contributed by atoms with E-state index < -0.39 is 0 Å². The maximum atomic E-state index is 11.1. The molecule has 0 amide bonds. The number of aromatic nitrogens is 2. The number of aliphatic imine (C=N–C) groups is 1. The average molecular weight is 558 g/mol. The topological polar surface area (TPSA) is 97.9 Å². The highest BCUT2D eigenvalue weighted by Gasteiger charge is 2.14. The molecule has 208 valence electrons. The zero-order chi connectivity index (χ0) is 28.4. The molecule has 3 heterocycles. The number of rotatable bonds is 11. The van der Waals surface area contributed by atoms with Crippen LogP contribution in [0.4, 0.5) is 11.4 Å². The second-order valence-electron chi connectivity index (χ2n) is 10.5. The van der Waals surface area contributed by atoms with Crippen molar-refractivity contribution in [3.05, 3.63) is 92.4 Å². The molecule has 0 aliphatic carbocycles. The minimum absolute atomic E-state index is 0.115. The Hall–Kier alpha value is -3.99. The molecule has 0 atom stereocenters. The van der Waals surface area contributed by atoms with Crippen LogP contribution in [0.2, 0.25) is 0 Å². The van der Waals surface area contributed by atoms with Crippen molar-refractivity contribution in [3.63, 3.8) is 0 Å². The van der Waals surface area contributed by atoms with Crippen LogP contribution in [0.3, 0.4) is 0 Å². The van der Waals surface area contributed by atoms with Crippen molar-refractivity contribution in [1.29, 1.82) is 0 Å². The van der Waals surface area contributed by atoms with Gasteiger partial charge in [-0.15, -0.1) is 11.3 Å². The summed E-state index contributed by atoms with van der Waals surface area (Å²) in [6, 6.07) is 17.5. The fourth-order valence-electron chi connectivity index (χ4n) is 5.08. The van der Waals surface area contributed by atoms with Crippen LogP contribution in [0.15, 0.2) is 71.2 Å². The predicted octanol–water partition coefficient (Wildman–Crippen LogP) is 5.60. The number of aryl methyl sites for hydroxylation is 1. The first kappa shape index (κ1) is 27.6. The fourth-order valence-corrected chi connectivity index (χ4v) is 5.90. The first-order chi connectivity index (χ1) is 19.2. The molecule has 10 heteroatoms. The van der Waals surface area contributed by atoms with Crippen LogP contribution in [0, 0.1) is 17.0 Å². The lowest BCUT2D eigenvalue weighted by Crippen LogP contribution is -2.24. The highest BCUT2D eigenvalue weighted by atomic mass is 32.1. The van der Waals surface area contributed by atoms with Crippen molar-refractivity contribution < 1.29 is 4.92 Å². The molecule has 9 nitrogen and oxygen atoms in total. The van der Waals surface area contributed by atoms with Crippen molar-refractivity contribution in [2.24, 2.45) is 10.7 Å². The Balaban J connectivity index is 1.26. The number of non-ortho nitro benzene ring substituents is 1. The Labute approximate surface area is 237 Å². The fraction of sp³-hybridized carbons (Fsp3) is 0.300. The maximum absolute atomic E-state index is 11.1. The van der Waals surface area contributed by atoms with Crippen LogP contribution in [0.1, 0.15) is 16.1 Å². The molecule has 0 bridgehead atoms. The number of benzene rings is 2. The summed E-state index contributed by atoms with van der Waals surface area (Å²) in [4.78, 5) is 21.0. The molecule has 0 aliphatic heterocycles. The Bertz CT molecular complexity index is 1690. The minimum Gasteiger partial charge on any atom is -0.382 e. The van der Waals surface area contributed by atoms with Gasteiger partial charge in [-0.3, -0.25) is 10.1 Å². The maximum Gasteiger partial charge on any atom is 0.270 e. The molecule has 40 heavy (non-hydrogen) atoms. The number of hydrogen-bond acceptors (Lipinski definition) is 6. The minimum atomic E-state index is -0.351. The number of amidine groups is 1. The molecular formula is C30H35N7O2S. The van der Waals surface area contributed by atoms with Gasteiger partial charge in [-0.05, 0) is 81.5 Å². The second-order valence-corrected chi connectivity index (χ2v) is 11.4. The van der Waals surface area contributed by atoms with Gasteiger partial charge in [0.05, 0.1) is 15.5 Å². The summed E-state index contributed by atoms with van der Waals surface area (Å²) in [5.74, 6) is 0.527. The Morgan fingerprint density at radius 1 is 1.00 bits per heavy atom. The standard InChI is InChI=1S/C30H35N7O2S/c1-21-17-24-19-26(37(38)39)6-8-28(24)36(21)15-13-34(4)20-23-10-16-40-29(23)30(31)32-25-5-7-27-22(18-25)9-11-35(27)14-12-33(2)3/h5-11,16-19H,12-15,20H2,1-4H3,(H2,31,32). The smallest absolute Gasteiger partial charge is 0.270 e. The van der Waals surface area contributed by atoms with E-state index in [0.29, 0.717) is 5.84 Å². The van der Waals surface area contributed by atoms with E-state index in [4.69, 9.17) is 10.7 Å². The summed E-state index contributed by atoms with van der Waals surface area (Å²) in [7, 11) is 6.26. The van der Waals surface area contributed by atoms with Gasteiger partial charge in [0.15, 0.2) is 0 Å². The van der Waals surface area contributed by atoms with Gasteiger partial charge >= 0.3 is 0 Å². The SMILES string of the molecule is Cc1cc2cc([N+](=O)[O-])ccc2n1CCN(C)Cc1ccsc1C(N)=Nc1ccc2c(ccn2CCN(C)C)c1. The van der Waals surface area contributed by atoms with Crippen molar-refractivity contribution >= 4 is 50.4 Å². The largest absolute Gasteiger partial charge is 0.382 e. The summed E-state index contributed by atoms with van der Waals surface area (Å²) >= 11 is 1.61. The van der Waals surface area contributed by atoms with Crippen molar-refractivity contribution in [2.75, 3.05) is 34.2 Å². The van der Waals surface area contributed by atoms with Crippen LogP contribution in [0.25, 0.3) is 21.8 Å². The monoisotopic (exact) mass is 557 g/mol. The Morgan fingerprint density at radius 3 is 2.58 bits per heavy atom. The van der Waals surface area contributed by atoms with Crippen molar-refractivity contribution in [3.8, 4) is 0 Å². The number of nitrogens with zero attached hydrogens (tertiary/aromatic N) is 6. The summed E-state index contributed by atoms with van der Waals surface area (Å²) in [6.45, 7) is 6.30. The van der Waals surface area contributed by atoms with Crippen LogP contribution in [-0.2, 0) is 19.6 Å². The molecule has 0 radical (unpaired) electrons. The molecule has 0 unspecified atom stereocenters. The molecule has 2 N–H and O–H groups in total. The number of nitro benzene ring substituents is 1. The molecule has 0 saturated carbocycles. The van der Waals surface area contributed by atoms with E-state index in [2.05, 4.69) is 75.9 Å². The quantitative estimate of drug-likeness (QED) is 0.0986. The van der Waals surface area contributed by atoms with Gasteiger partial charge in [-0.1, -0.05) is 0 Å². The third kappa shape index (κ3) is 5.94. The number of likely N-dealkylation sites (N-methyl/N-ethyl adjacent to an activating group) is 2.